The molecule has 0 bridgehead atoms. The van der Waals surface area contributed by atoms with E-state index in [4.69, 9.17) is 19.0 Å². The zero-order chi connectivity index (χ0) is 14.7. The van der Waals surface area contributed by atoms with E-state index >= 15 is 0 Å². The summed E-state index contributed by atoms with van der Waals surface area (Å²) < 4.78 is 15.2. The molecular formula is C12H16N2O6. The van der Waals surface area contributed by atoms with Crippen molar-refractivity contribution in [2.45, 2.75) is 13.0 Å². The van der Waals surface area contributed by atoms with Gasteiger partial charge in [-0.05, 0) is 6.92 Å². The van der Waals surface area contributed by atoms with E-state index in [-0.39, 0.29) is 37.6 Å². The average Bonchev–Trinajstić information content (AvgIpc) is 3.07. The number of hydrogen-bond acceptors (Lipinski definition) is 7. The molecule has 1 aromatic heterocycles. The summed E-state index contributed by atoms with van der Waals surface area (Å²) in [5, 5.41) is 9.11. The van der Waals surface area contributed by atoms with Gasteiger partial charge in [0.15, 0.2) is 5.69 Å². The molecule has 1 aliphatic rings. The lowest BCUT2D eigenvalue weighted by Gasteiger charge is -2.24. The Morgan fingerprint density at radius 1 is 1.55 bits per heavy atom. The molecule has 0 amide bonds. The fraction of sp³-hybridized carbons (Fsp3) is 0.583. The summed E-state index contributed by atoms with van der Waals surface area (Å²) in [6, 6.07) is -0.226. The summed E-state index contributed by atoms with van der Waals surface area (Å²) in [5.41, 5.74) is 0.0551. The maximum absolute atomic E-state index is 11.5. The summed E-state index contributed by atoms with van der Waals surface area (Å²) in [6.45, 7) is 2.35. The van der Waals surface area contributed by atoms with Gasteiger partial charge in [0.25, 0.3) is 6.01 Å². The molecule has 2 atom stereocenters. The van der Waals surface area contributed by atoms with Crippen molar-refractivity contribution in [3.63, 3.8) is 0 Å². The number of carboxylic acid groups (broad SMARTS) is 1. The first-order chi connectivity index (χ1) is 9.54. The number of oxazole rings is 1. The van der Waals surface area contributed by atoms with Crippen LogP contribution < -0.4 is 4.90 Å². The third-order valence-electron chi connectivity index (χ3n) is 3.14. The number of hydrogen-bond donors (Lipinski definition) is 1. The molecule has 2 rings (SSSR count). The van der Waals surface area contributed by atoms with Gasteiger partial charge < -0.3 is 23.9 Å². The number of esters is 1. The van der Waals surface area contributed by atoms with Crippen molar-refractivity contribution in [2.75, 3.05) is 31.8 Å². The molecule has 2 heterocycles. The van der Waals surface area contributed by atoms with Crippen LogP contribution in [-0.4, -0.2) is 54.9 Å². The maximum atomic E-state index is 11.5. The molecule has 0 aromatic carbocycles. The highest BCUT2D eigenvalue weighted by Gasteiger charge is 2.38. The maximum Gasteiger partial charge on any atom is 0.360 e. The molecule has 1 saturated heterocycles. The average molecular weight is 284 g/mol. The molecule has 0 aliphatic carbocycles. The van der Waals surface area contributed by atoms with Gasteiger partial charge in [-0.3, -0.25) is 4.79 Å². The smallest absolute Gasteiger partial charge is 0.360 e. The van der Waals surface area contributed by atoms with Gasteiger partial charge in [-0.15, -0.1) is 0 Å². The monoisotopic (exact) mass is 284 g/mol. The van der Waals surface area contributed by atoms with Crippen molar-refractivity contribution in [3.05, 3.63) is 12.0 Å². The molecule has 2 unspecified atom stereocenters. The van der Waals surface area contributed by atoms with Gasteiger partial charge in [0.1, 0.15) is 12.2 Å². The largest absolute Gasteiger partial charge is 0.481 e. The summed E-state index contributed by atoms with van der Waals surface area (Å²) in [7, 11) is 1.65. The third kappa shape index (κ3) is 2.74. The number of anilines is 1. The Morgan fingerprint density at radius 3 is 2.95 bits per heavy atom. The van der Waals surface area contributed by atoms with E-state index in [9.17, 15) is 9.59 Å². The second kappa shape index (κ2) is 5.91. The van der Waals surface area contributed by atoms with Crippen molar-refractivity contribution in [3.8, 4) is 0 Å². The quantitative estimate of drug-likeness (QED) is 0.774. The minimum absolute atomic E-state index is 0.0551. The number of carbonyl (C=O) groups is 2. The number of aliphatic carboxylic acids is 1. The number of ether oxygens (including phenoxy) is 2. The Labute approximate surface area is 115 Å². The SMILES string of the molecule is CCOC(=O)c1coc(N(C)C2COCC2C(=O)O)n1. The van der Waals surface area contributed by atoms with Gasteiger partial charge >= 0.3 is 11.9 Å². The summed E-state index contributed by atoms with van der Waals surface area (Å²) in [4.78, 5) is 28.2. The molecule has 0 saturated carbocycles. The number of aromatic nitrogens is 1. The van der Waals surface area contributed by atoms with Crippen LogP contribution >= 0.6 is 0 Å². The molecule has 1 aliphatic heterocycles. The van der Waals surface area contributed by atoms with E-state index in [1.54, 1.807) is 18.9 Å². The lowest BCUT2D eigenvalue weighted by atomic mass is 10.0. The Morgan fingerprint density at radius 2 is 2.30 bits per heavy atom. The third-order valence-corrected chi connectivity index (χ3v) is 3.14. The van der Waals surface area contributed by atoms with Gasteiger partial charge in [0, 0.05) is 7.05 Å². The highest BCUT2D eigenvalue weighted by Crippen LogP contribution is 2.24. The van der Waals surface area contributed by atoms with E-state index in [1.165, 1.54) is 6.26 Å². The van der Waals surface area contributed by atoms with E-state index in [2.05, 4.69) is 4.98 Å². The van der Waals surface area contributed by atoms with E-state index < -0.39 is 17.9 Å². The highest BCUT2D eigenvalue weighted by atomic mass is 16.5. The molecule has 1 fully saturated rings. The van der Waals surface area contributed by atoms with Crippen molar-refractivity contribution in [2.24, 2.45) is 5.92 Å². The predicted octanol–water partition coefficient (Wildman–Crippen LogP) is 0.387. The number of nitrogens with zero attached hydrogens (tertiary/aromatic N) is 2. The van der Waals surface area contributed by atoms with Gasteiger partial charge in [0.05, 0.1) is 25.9 Å². The van der Waals surface area contributed by atoms with Crippen molar-refractivity contribution >= 4 is 18.0 Å². The zero-order valence-electron chi connectivity index (χ0n) is 11.2. The first-order valence-electron chi connectivity index (χ1n) is 6.20. The van der Waals surface area contributed by atoms with Crippen LogP contribution in [-0.2, 0) is 14.3 Å². The number of carboxylic acids is 1. The predicted molar refractivity (Wildman–Crippen MR) is 66.6 cm³/mol. The topological polar surface area (TPSA) is 102 Å². The molecule has 20 heavy (non-hydrogen) atoms. The van der Waals surface area contributed by atoms with Crippen LogP contribution in [0.15, 0.2) is 10.7 Å². The minimum atomic E-state index is -0.934. The standard InChI is InChI=1S/C12H16N2O6/c1-3-19-11(17)8-5-20-12(13-8)14(2)9-6-18-4-7(9)10(15)16/h5,7,9H,3-4,6H2,1-2H3,(H,15,16). The second-order valence-corrected chi connectivity index (χ2v) is 4.40. The van der Waals surface area contributed by atoms with Crippen LogP contribution in [0.1, 0.15) is 17.4 Å². The van der Waals surface area contributed by atoms with E-state index in [0.29, 0.717) is 0 Å². The number of carbonyl (C=O) groups excluding carboxylic acids is 1. The molecular weight excluding hydrogens is 268 g/mol. The van der Waals surface area contributed by atoms with Crippen molar-refractivity contribution in [1.29, 1.82) is 0 Å². The summed E-state index contributed by atoms with van der Waals surface area (Å²) in [6.07, 6.45) is 1.19. The lowest BCUT2D eigenvalue weighted by Crippen LogP contribution is -2.41. The van der Waals surface area contributed by atoms with Gasteiger partial charge in [-0.2, -0.15) is 4.98 Å². The molecule has 110 valence electrons. The lowest BCUT2D eigenvalue weighted by molar-refractivity contribution is -0.141. The molecule has 1 aromatic rings. The first-order valence-corrected chi connectivity index (χ1v) is 6.20. The van der Waals surface area contributed by atoms with Gasteiger partial charge in [-0.1, -0.05) is 0 Å². The Balaban J connectivity index is 2.11. The second-order valence-electron chi connectivity index (χ2n) is 4.40. The summed E-state index contributed by atoms with van der Waals surface area (Å²) >= 11 is 0. The van der Waals surface area contributed by atoms with Crippen LogP contribution in [0.25, 0.3) is 0 Å². The molecule has 8 heteroatoms. The molecule has 1 N–H and O–H groups in total. The Bertz CT molecular complexity index is 500. The van der Waals surface area contributed by atoms with E-state index in [0.717, 1.165) is 0 Å². The molecule has 0 spiro atoms. The Hall–Kier alpha value is -2.09. The van der Waals surface area contributed by atoms with Gasteiger partial charge in [0.2, 0.25) is 0 Å². The van der Waals surface area contributed by atoms with Gasteiger partial charge in [-0.25, -0.2) is 4.79 Å². The van der Waals surface area contributed by atoms with Crippen molar-refractivity contribution in [1.82, 2.24) is 4.98 Å². The van der Waals surface area contributed by atoms with E-state index in [1.807, 2.05) is 0 Å². The Kier molecular flexibility index (Phi) is 4.23. The fourth-order valence-electron chi connectivity index (χ4n) is 2.03. The van der Waals surface area contributed by atoms with Crippen LogP contribution in [0.3, 0.4) is 0 Å². The summed E-state index contributed by atoms with van der Waals surface area (Å²) in [5.74, 6) is -2.16. The number of likely N-dealkylation sites (N-methyl/N-ethyl adjacent to an activating group) is 1. The molecule has 0 radical (unpaired) electrons. The fourth-order valence-corrected chi connectivity index (χ4v) is 2.03. The minimum Gasteiger partial charge on any atom is -0.481 e. The first kappa shape index (κ1) is 14.3. The van der Waals surface area contributed by atoms with Crippen molar-refractivity contribution < 1.29 is 28.6 Å². The van der Waals surface area contributed by atoms with Crippen LogP contribution in [0.4, 0.5) is 6.01 Å². The normalized spacial score (nSPS) is 21.7. The zero-order valence-corrected chi connectivity index (χ0v) is 11.2. The van der Waals surface area contributed by atoms with Crippen LogP contribution in [0.2, 0.25) is 0 Å². The van der Waals surface area contributed by atoms with Crippen LogP contribution in [0, 0.1) is 5.92 Å². The highest BCUT2D eigenvalue weighted by molar-refractivity contribution is 5.87. The van der Waals surface area contributed by atoms with Crippen LogP contribution in [0.5, 0.6) is 0 Å². The number of rotatable bonds is 5. The molecule has 8 nitrogen and oxygen atoms in total.